The summed E-state index contributed by atoms with van der Waals surface area (Å²) in [6.45, 7) is 11.9. The summed E-state index contributed by atoms with van der Waals surface area (Å²) < 4.78 is 0. The molecule has 8 rings (SSSR count). The van der Waals surface area contributed by atoms with Gasteiger partial charge in [-0.3, -0.25) is 14.6 Å². The van der Waals surface area contributed by atoms with Crippen LogP contribution in [-0.2, 0) is 13.1 Å². The topological polar surface area (TPSA) is 38.8 Å². The SMILES string of the molecule is CC1(C)CCC(CN2CC3CCC2CN3Cc2ccc3c(c2)C(=O)N(C2CCCNC2)C3)=C(c2ccc(Cl)cc2)C1. The Labute approximate surface area is 250 Å². The van der Waals surface area contributed by atoms with E-state index in [-0.39, 0.29) is 5.91 Å². The molecule has 6 heteroatoms. The van der Waals surface area contributed by atoms with E-state index in [9.17, 15) is 4.79 Å². The molecule has 6 aliphatic rings. The number of fused-ring (bicyclic) bond motifs is 4. The van der Waals surface area contributed by atoms with Crippen molar-refractivity contribution in [3.05, 3.63) is 75.3 Å². The number of allylic oxidation sites excluding steroid dienone is 1. The molecule has 4 fully saturated rings. The number of amides is 1. The summed E-state index contributed by atoms with van der Waals surface area (Å²) in [7, 11) is 0. The van der Waals surface area contributed by atoms with Gasteiger partial charge >= 0.3 is 0 Å². The van der Waals surface area contributed by atoms with E-state index in [2.05, 4.69) is 64.2 Å². The Morgan fingerprint density at radius 3 is 2.41 bits per heavy atom. The molecule has 2 aromatic carbocycles. The number of nitrogens with zero attached hydrogens (tertiary/aromatic N) is 3. The number of carbonyl (C=O) groups is 1. The number of rotatable bonds is 6. The van der Waals surface area contributed by atoms with E-state index in [1.165, 1.54) is 42.4 Å². The van der Waals surface area contributed by atoms with Gasteiger partial charge in [-0.05, 0) is 97.4 Å². The lowest BCUT2D eigenvalue weighted by atomic mass is 9.72. The van der Waals surface area contributed by atoms with Crippen LogP contribution < -0.4 is 5.32 Å². The van der Waals surface area contributed by atoms with Crippen LogP contribution in [0.2, 0.25) is 5.02 Å². The van der Waals surface area contributed by atoms with Crippen molar-refractivity contribution >= 4 is 23.1 Å². The normalized spacial score (nSPS) is 28.4. The van der Waals surface area contributed by atoms with Crippen molar-refractivity contribution in [2.45, 2.75) is 90.0 Å². The Bertz CT molecular complexity index is 1330. The third-order valence-corrected chi connectivity index (χ3v) is 10.9. The van der Waals surface area contributed by atoms with Gasteiger partial charge in [0.2, 0.25) is 0 Å². The van der Waals surface area contributed by atoms with Crippen LogP contribution >= 0.6 is 11.6 Å². The average Bonchev–Trinajstić information content (AvgIpc) is 3.31. The second kappa shape index (κ2) is 11.1. The maximum absolute atomic E-state index is 13.4. The maximum atomic E-state index is 13.4. The lowest BCUT2D eigenvalue weighted by Crippen LogP contribution is -2.62. The number of carbonyl (C=O) groups excluding carboxylic acids is 1. The minimum Gasteiger partial charge on any atom is -0.330 e. The lowest BCUT2D eigenvalue weighted by Gasteiger charge is -2.52. The van der Waals surface area contributed by atoms with Crippen LogP contribution in [0, 0.1) is 5.41 Å². The Morgan fingerprint density at radius 1 is 0.951 bits per heavy atom. The Kier molecular flexibility index (Phi) is 7.52. The number of nitrogens with one attached hydrogen (secondary N) is 1. The van der Waals surface area contributed by atoms with E-state index in [0.29, 0.717) is 23.5 Å². The van der Waals surface area contributed by atoms with Crippen molar-refractivity contribution < 1.29 is 4.79 Å². The molecule has 0 radical (unpaired) electrons. The molecule has 5 nitrogen and oxygen atoms in total. The summed E-state index contributed by atoms with van der Waals surface area (Å²) in [5.74, 6) is 0.238. The van der Waals surface area contributed by atoms with Gasteiger partial charge in [0.1, 0.15) is 0 Å². The Balaban J connectivity index is 1.03. The summed E-state index contributed by atoms with van der Waals surface area (Å²) in [6, 6.07) is 16.8. The van der Waals surface area contributed by atoms with Crippen LogP contribution in [0.4, 0.5) is 0 Å². The van der Waals surface area contributed by atoms with Crippen molar-refractivity contribution in [3.8, 4) is 0 Å². The first-order valence-corrected chi connectivity index (χ1v) is 16.3. The molecular formula is C35H45ClN4O. The molecule has 3 unspecified atom stereocenters. The molecule has 0 aromatic heterocycles. The smallest absolute Gasteiger partial charge is 0.254 e. The lowest BCUT2D eigenvalue weighted by molar-refractivity contribution is -0.0207. The van der Waals surface area contributed by atoms with Gasteiger partial charge in [0.15, 0.2) is 0 Å². The molecule has 218 valence electrons. The van der Waals surface area contributed by atoms with E-state index in [1.54, 1.807) is 11.1 Å². The van der Waals surface area contributed by atoms with Gasteiger partial charge in [0.05, 0.1) is 0 Å². The molecule has 1 N–H and O–H groups in total. The fraction of sp³-hybridized carbons (Fsp3) is 0.571. The maximum Gasteiger partial charge on any atom is 0.254 e. The van der Waals surface area contributed by atoms with Gasteiger partial charge in [-0.15, -0.1) is 0 Å². The molecule has 3 atom stereocenters. The van der Waals surface area contributed by atoms with Gasteiger partial charge < -0.3 is 10.2 Å². The van der Waals surface area contributed by atoms with E-state index in [0.717, 1.165) is 75.7 Å². The Hall–Kier alpha value is -2.18. The fourth-order valence-corrected chi connectivity index (χ4v) is 8.32. The summed E-state index contributed by atoms with van der Waals surface area (Å²) >= 11 is 6.24. The van der Waals surface area contributed by atoms with Gasteiger partial charge in [-0.2, -0.15) is 0 Å². The van der Waals surface area contributed by atoms with Gasteiger partial charge in [0.25, 0.3) is 5.91 Å². The van der Waals surface area contributed by atoms with Crippen molar-refractivity contribution in [3.63, 3.8) is 0 Å². The van der Waals surface area contributed by atoms with Crippen molar-refractivity contribution in [2.24, 2.45) is 5.41 Å². The predicted molar refractivity (Wildman–Crippen MR) is 167 cm³/mol. The molecule has 0 spiro atoms. The highest BCUT2D eigenvalue weighted by molar-refractivity contribution is 6.30. The number of hydrogen-bond donors (Lipinski definition) is 1. The third-order valence-electron chi connectivity index (χ3n) is 10.6. The number of benzene rings is 2. The number of hydrogen-bond acceptors (Lipinski definition) is 4. The largest absolute Gasteiger partial charge is 0.330 e. The van der Waals surface area contributed by atoms with E-state index >= 15 is 0 Å². The first-order valence-electron chi connectivity index (χ1n) is 15.9. The van der Waals surface area contributed by atoms with E-state index in [1.807, 2.05) is 12.1 Å². The molecule has 41 heavy (non-hydrogen) atoms. The average molecular weight is 573 g/mol. The number of halogens is 1. The Morgan fingerprint density at radius 2 is 1.71 bits per heavy atom. The van der Waals surface area contributed by atoms with Gasteiger partial charge in [-0.1, -0.05) is 55.3 Å². The zero-order valence-corrected chi connectivity index (χ0v) is 25.6. The van der Waals surface area contributed by atoms with Crippen molar-refractivity contribution in [2.75, 3.05) is 32.7 Å². The highest BCUT2D eigenvalue weighted by Crippen LogP contribution is 2.44. The zero-order valence-electron chi connectivity index (χ0n) is 24.8. The summed E-state index contributed by atoms with van der Waals surface area (Å²) in [5, 5.41) is 4.28. The third kappa shape index (κ3) is 5.63. The first-order chi connectivity index (χ1) is 19.8. The standard InChI is InChI=1S/C35H45ClN4O/c1-35(2)14-13-27(33(17-35)25-7-9-28(36)10-8-25)20-39-23-30-11-12-31(39)22-38(30)19-24-5-6-26-21-40(34(41)32(26)16-24)29-4-3-15-37-18-29/h5-10,16,29-31,37H,3-4,11-15,17-23H2,1-2H3. The first kappa shape index (κ1) is 27.6. The molecule has 2 bridgehead atoms. The van der Waals surface area contributed by atoms with Crippen LogP contribution in [-0.4, -0.2) is 71.5 Å². The fourth-order valence-electron chi connectivity index (χ4n) is 8.20. The molecule has 5 aliphatic heterocycles. The summed E-state index contributed by atoms with van der Waals surface area (Å²) in [4.78, 5) is 21.0. The second-order valence-electron chi connectivity index (χ2n) is 14.1. The monoisotopic (exact) mass is 572 g/mol. The minimum absolute atomic E-state index is 0.238. The van der Waals surface area contributed by atoms with E-state index in [4.69, 9.17) is 11.6 Å². The van der Waals surface area contributed by atoms with Crippen LogP contribution in [0.15, 0.2) is 48.0 Å². The molecule has 2 aromatic rings. The van der Waals surface area contributed by atoms with Gasteiger partial charge in [0, 0.05) is 68.0 Å². The highest BCUT2D eigenvalue weighted by Gasteiger charge is 2.40. The molecule has 1 amide bonds. The molecule has 4 saturated heterocycles. The summed E-state index contributed by atoms with van der Waals surface area (Å²) in [6.07, 6.45) is 8.45. The van der Waals surface area contributed by atoms with E-state index < -0.39 is 0 Å². The molecule has 5 heterocycles. The predicted octanol–water partition coefficient (Wildman–Crippen LogP) is 6.36. The second-order valence-corrected chi connectivity index (χ2v) is 14.5. The minimum atomic E-state index is 0.238. The van der Waals surface area contributed by atoms with Crippen LogP contribution in [0.3, 0.4) is 0 Å². The molecule has 1 aliphatic carbocycles. The zero-order chi connectivity index (χ0) is 28.1. The van der Waals surface area contributed by atoms with Crippen LogP contribution in [0.25, 0.3) is 5.57 Å². The van der Waals surface area contributed by atoms with Crippen molar-refractivity contribution in [1.82, 2.24) is 20.0 Å². The number of piperazine rings is 1. The van der Waals surface area contributed by atoms with Crippen LogP contribution in [0.5, 0.6) is 0 Å². The van der Waals surface area contributed by atoms with Crippen LogP contribution in [0.1, 0.15) is 85.8 Å². The van der Waals surface area contributed by atoms with Gasteiger partial charge in [-0.25, -0.2) is 0 Å². The quantitative estimate of drug-likeness (QED) is 0.437. The molecule has 0 saturated carbocycles. The van der Waals surface area contributed by atoms with Crippen molar-refractivity contribution in [1.29, 1.82) is 0 Å². The molecular weight excluding hydrogens is 528 g/mol. The summed E-state index contributed by atoms with van der Waals surface area (Å²) in [5.41, 5.74) is 8.33. The number of piperidine rings is 3. The highest BCUT2D eigenvalue weighted by atomic mass is 35.5.